The lowest BCUT2D eigenvalue weighted by Gasteiger charge is -2.28. The summed E-state index contributed by atoms with van der Waals surface area (Å²) in [4.78, 5) is 0. The summed E-state index contributed by atoms with van der Waals surface area (Å²) in [6.45, 7) is 16.2. The molecule has 45 heavy (non-hydrogen) atoms. The van der Waals surface area contributed by atoms with Gasteiger partial charge in [0.25, 0.3) is 0 Å². The monoisotopic (exact) mass is 582 g/mol. The van der Waals surface area contributed by atoms with Gasteiger partial charge in [0.15, 0.2) is 0 Å². The predicted molar refractivity (Wildman–Crippen MR) is 198 cm³/mol. The van der Waals surface area contributed by atoms with Crippen molar-refractivity contribution in [2.24, 2.45) is 0 Å². The van der Waals surface area contributed by atoms with Crippen LogP contribution in [0.3, 0.4) is 0 Å². The third kappa shape index (κ3) is 6.05. The molecule has 0 atom stereocenters. The molecule has 0 radical (unpaired) electrons. The lowest BCUT2D eigenvalue weighted by molar-refractivity contribution is 1.14. The molecule has 0 saturated carbocycles. The van der Waals surface area contributed by atoms with Crippen LogP contribution in [0.5, 0.6) is 0 Å². The van der Waals surface area contributed by atoms with Crippen LogP contribution in [-0.4, -0.2) is 6.71 Å². The molecule has 0 N–H and O–H groups in total. The Kier molecular flexibility index (Phi) is 8.64. The second-order valence-corrected chi connectivity index (χ2v) is 12.8. The molecular weight excluding hydrogens is 539 g/mol. The second kappa shape index (κ2) is 12.8. The quantitative estimate of drug-likeness (QED) is 0.165. The van der Waals surface area contributed by atoms with Crippen molar-refractivity contribution in [3.05, 3.63) is 160 Å². The molecule has 0 fully saturated rings. The van der Waals surface area contributed by atoms with E-state index in [2.05, 4.69) is 170 Å². The van der Waals surface area contributed by atoms with Crippen molar-refractivity contribution < 1.29 is 0 Å². The topological polar surface area (TPSA) is 0 Å². The minimum absolute atomic E-state index is 0.121. The first-order valence-corrected chi connectivity index (χ1v) is 16.3. The largest absolute Gasteiger partial charge is 0.243 e. The molecule has 0 heterocycles. The Morgan fingerprint density at radius 2 is 0.644 bits per heavy atom. The van der Waals surface area contributed by atoms with Gasteiger partial charge in [-0.3, -0.25) is 0 Å². The second-order valence-electron chi connectivity index (χ2n) is 12.8. The van der Waals surface area contributed by atoms with Gasteiger partial charge in [-0.05, 0) is 86.9 Å². The van der Waals surface area contributed by atoms with E-state index in [1.807, 2.05) is 0 Å². The summed E-state index contributed by atoms with van der Waals surface area (Å²) in [5, 5.41) is 0. The van der Waals surface area contributed by atoms with Crippen LogP contribution in [0.4, 0.5) is 0 Å². The van der Waals surface area contributed by atoms with Crippen LogP contribution < -0.4 is 16.4 Å². The van der Waals surface area contributed by atoms with E-state index in [9.17, 15) is 0 Å². The molecule has 1 heteroatoms. The summed E-state index contributed by atoms with van der Waals surface area (Å²) in [5.41, 5.74) is 21.3. The third-order valence-electron chi connectivity index (χ3n) is 9.56. The molecular formula is C44H43B. The van der Waals surface area contributed by atoms with Crippen molar-refractivity contribution in [3.8, 4) is 33.4 Å². The zero-order valence-electron chi connectivity index (χ0n) is 27.8. The summed E-state index contributed by atoms with van der Waals surface area (Å²) < 4.78 is 0. The smallest absolute Gasteiger partial charge is 0.0629 e. The number of hydrogen-bond donors (Lipinski definition) is 0. The molecule has 6 aromatic carbocycles. The highest BCUT2D eigenvalue weighted by molar-refractivity contribution is 6.97. The minimum Gasteiger partial charge on any atom is -0.0629 e. The Labute approximate surface area is 270 Å². The molecule has 0 aliphatic rings. The van der Waals surface area contributed by atoms with Crippen LogP contribution in [0.25, 0.3) is 33.4 Å². The van der Waals surface area contributed by atoms with Crippen LogP contribution >= 0.6 is 0 Å². The van der Waals surface area contributed by atoms with Crippen molar-refractivity contribution in [2.45, 2.75) is 54.9 Å². The summed E-state index contributed by atoms with van der Waals surface area (Å²) >= 11 is 0. The summed E-state index contributed by atoms with van der Waals surface area (Å²) in [5.74, 6) is 0. The van der Waals surface area contributed by atoms with Gasteiger partial charge in [0, 0.05) is 0 Å². The van der Waals surface area contributed by atoms with E-state index in [4.69, 9.17) is 0 Å². The van der Waals surface area contributed by atoms with Gasteiger partial charge in [0.05, 0.1) is 0 Å². The highest BCUT2D eigenvalue weighted by Crippen LogP contribution is 2.27. The average Bonchev–Trinajstić information content (AvgIpc) is 3.04. The number of benzene rings is 6. The molecule has 222 valence electrons. The summed E-state index contributed by atoms with van der Waals surface area (Å²) in [6, 6.07) is 45.0. The Hall–Kier alpha value is -4.62. The number of rotatable bonds is 7. The van der Waals surface area contributed by atoms with Gasteiger partial charge in [-0.25, -0.2) is 0 Å². The van der Waals surface area contributed by atoms with E-state index in [1.165, 1.54) is 88.7 Å². The van der Waals surface area contributed by atoms with E-state index in [0.717, 1.165) is 6.42 Å². The SMILES string of the molecule is CCc1ccc(-c2cc(C)c(B(c3c(C)cc(-c4ccccc4)cc3C)c3c(C)cc(-c4ccccc4)cc3C)c(C)c2)cc1. The molecule has 0 aliphatic heterocycles. The Morgan fingerprint density at radius 1 is 0.356 bits per heavy atom. The van der Waals surface area contributed by atoms with E-state index < -0.39 is 0 Å². The summed E-state index contributed by atoms with van der Waals surface area (Å²) in [7, 11) is 0. The van der Waals surface area contributed by atoms with Gasteiger partial charge in [0.2, 0.25) is 6.71 Å². The normalized spacial score (nSPS) is 11.1. The molecule has 0 aliphatic carbocycles. The maximum Gasteiger partial charge on any atom is 0.243 e. The average molecular weight is 583 g/mol. The molecule has 0 nitrogen and oxygen atoms in total. The summed E-state index contributed by atoms with van der Waals surface area (Å²) in [6.07, 6.45) is 1.06. The lowest BCUT2D eigenvalue weighted by atomic mass is 9.33. The first kappa shape index (κ1) is 30.4. The van der Waals surface area contributed by atoms with E-state index in [-0.39, 0.29) is 6.71 Å². The molecule has 0 aromatic heterocycles. The van der Waals surface area contributed by atoms with Crippen molar-refractivity contribution in [2.75, 3.05) is 0 Å². The molecule has 6 rings (SSSR count). The van der Waals surface area contributed by atoms with Crippen molar-refractivity contribution in [3.63, 3.8) is 0 Å². The molecule has 6 aromatic rings. The maximum absolute atomic E-state index is 2.41. The maximum atomic E-state index is 2.41. The fourth-order valence-electron chi connectivity index (χ4n) is 7.42. The highest BCUT2D eigenvalue weighted by atomic mass is 14.2. The van der Waals surface area contributed by atoms with Crippen LogP contribution in [0.2, 0.25) is 0 Å². The fraction of sp³-hybridized carbons (Fsp3) is 0.182. The first-order chi connectivity index (χ1) is 21.7. The Bertz CT molecular complexity index is 1800. The van der Waals surface area contributed by atoms with Gasteiger partial charge >= 0.3 is 0 Å². The van der Waals surface area contributed by atoms with Crippen LogP contribution in [0.1, 0.15) is 45.9 Å². The molecule has 0 spiro atoms. The zero-order chi connectivity index (χ0) is 31.7. The third-order valence-corrected chi connectivity index (χ3v) is 9.56. The molecule has 0 amide bonds. The fourth-order valence-corrected chi connectivity index (χ4v) is 7.42. The van der Waals surface area contributed by atoms with Crippen LogP contribution in [0.15, 0.2) is 121 Å². The van der Waals surface area contributed by atoms with Gasteiger partial charge in [-0.2, -0.15) is 0 Å². The van der Waals surface area contributed by atoms with Gasteiger partial charge in [-0.1, -0.05) is 178 Å². The van der Waals surface area contributed by atoms with E-state index in [0.29, 0.717) is 0 Å². The van der Waals surface area contributed by atoms with Gasteiger partial charge in [0.1, 0.15) is 0 Å². The predicted octanol–water partition coefficient (Wildman–Crippen LogP) is 9.62. The number of aryl methyl sites for hydroxylation is 7. The van der Waals surface area contributed by atoms with Crippen LogP contribution in [0, 0.1) is 41.5 Å². The van der Waals surface area contributed by atoms with Crippen molar-refractivity contribution in [1.29, 1.82) is 0 Å². The molecule has 0 unspecified atom stereocenters. The van der Waals surface area contributed by atoms with Gasteiger partial charge in [-0.15, -0.1) is 0 Å². The van der Waals surface area contributed by atoms with Crippen molar-refractivity contribution >= 4 is 23.1 Å². The number of hydrogen-bond acceptors (Lipinski definition) is 0. The standard InChI is InChI=1S/C44H43B/c1-8-35-19-21-38(22-20-35)41-27-33(6)44(34(7)28-41)45(42-29(2)23-39(24-30(42)3)36-15-11-9-12-16-36)43-31(4)25-40(26-32(43)5)37-17-13-10-14-18-37/h9-28H,8H2,1-7H3. The Balaban J connectivity index is 1.57. The first-order valence-electron chi connectivity index (χ1n) is 16.3. The van der Waals surface area contributed by atoms with E-state index in [1.54, 1.807) is 0 Å². The Morgan fingerprint density at radius 3 is 0.933 bits per heavy atom. The molecule has 0 bridgehead atoms. The van der Waals surface area contributed by atoms with E-state index >= 15 is 0 Å². The van der Waals surface area contributed by atoms with Crippen LogP contribution in [-0.2, 0) is 6.42 Å². The molecule has 0 saturated heterocycles. The lowest BCUT2D eigenvalue weighted by Crippen LogP contribution is -2.57. The zero-order valence-corrected chi connectivity index (χ0v) is 27.8. The van der Waals surface area contributed by atoms with Crippen molar-refractivity contribution in [1.82, 2.24) is 0 Å². The van der Waals surface area contributed by atoms with Gasteiger partial charge < -0.3 is 0 Å². The highest BCUT2D eigenvalue weighted by Gasteiger charge is 2.31. The minimum atomic E-state index is 0.121.